The minimum absolute atomic E-state index is 0.225. The number of halogens is 1. The Morgan fingerprint density at radius 3 is 2.77 bits per heavy atom. The van der Waals surface area contributed by atoms with Gasteiger partial charge in [-0.3, -0.25) is 4.99 Å². The Morgan fingerprint density at radius 2 is 2.15 bits per heavy atom. The van der Waals surface area contributed by atoms with E-state index in [-0.39, 0.29) is 11.7 Å². The number of thioether (sulfide) groups is 1. The summed E-state index contributed by atoms with van der Waals surface area (Å²) in [4.78, 5) is 4.21. The van der Waals surface area contributed by atoms with Crippen LogP contribution < -0.4 is 10.6 Å². The van der Waals surface area contributed by atoms with Gasteiger partial charge in [0.05, 0.1) is 6.26 Å². The predicted octanol–water partition coefficient (Wildman–Crippen LogP) is 1.64. The van der Waals surface area contributed by atoms with E-state index in [9.17, 15) is 12.8 Å². The molecule has 1 heterocycles. The van der Waals surface area contributed by atoms with E-state index in [0.29, 0.717) is 32.1 Å². The molecule has 1 fully saturated rings. The molecule has 0 amide bonds. The summed E-state index contributed by atoms with van der Waals surface area (Å²) < 4.78 is 38.1. The van der Waals surface area contributed by atoms with Crippen molar-refractivity contribution in [1.29, 1.82) is 0 Å². The third-order valence-electron chi connectivity index (χ3n) is 4.41. The minimum Gasteiger partial charge on any atom is -0.356 e. The standard InChI is InChI=1S/C17H27FN4O2S2/c1-19-17(20-9-13-6-7-22(11-13)26(3,23)24)21-10-14-4-5-16(18)8-15(14)12-25-2/h4-5,8,13H,6-7,9-12H2,1-3H3,(H2,19,20,21). The number of benzene rings is 1. The van der Waals surface area contributed by atoms with E-state index in [2.05, 4.69) is 15.6 Å². The van der Waals surface area contributed by atoms with E-state index in [1.54, 1.807) is 30.9 Å². The van der Waals surface area contributed by atoms with Gasteiger partial charge in [-0.1, -0.05) is 6.07 Å². The zero-order valence-corrected chi connectivity index (χ0v) is 17.1. The highest BCUT2D eigenvalue weighted by Gasteiger charge is 2.28. The van der Waals surface area contributed by atoms with E-state index >= 15 is 0 Å². The quantitative estimate of drug-likeness (QED) is 0.536. The monoisotopic (exact) mass is 402 g/mol. The van der Waals surface area contributed by atoms with Gasteiger partial charge in [0.15, 0.2) is 5.96 Å². The Kier molecular flexibility index (Phi) is 7.72. The van der Waals surface area contributed by atoms with Crippen LogP contribution >= 0.6 is 11.8 Å². The van der Waals surface area contributed by atoms with Crippen LogP contribution in [0, 0.1) is 11.7 Å². The van der Waals surface area contributed by atoms with Crippen LogP contribution in [0.3, 0.4) is 0 Å². The molecule has 9 heteroatoms. The highest BCUT2D eigenvalue weighted by Crippen LogP contribution is 2.18. The van der Waals surface area contributed by atoms with Crippen molar-refractivity contribution >= 4 is 27.7 Å². The first-order valence-electron chi connectivity index (χ1n) is 8.49. The van der Waals surface area contributed by atoms with Crippen molar-refractivity contribution in [3.05, 3.63) is 35.1 Å². The number of aliphatic imine (C=N–C) groups is 1. The first-order chi connectivity index (χ1) is 12.3. The normalized spacial score (nSPS) is 18.9. The molecule has 0 spiro atoms. The molecule has 1 unspecified atom stereocenters. The third-order valence-corrected chi connectivity index (χ3v) is 6.28. The van der Waals surface area contributed by atoms with E-state index < -0.39 is 10.0 Å². The maximum absolute atomic E-state index is 13.4. The highest BCUT2D eigenvalue weighted by molar-refractivity contribution is 7.97. The maximum atomic E-state index is 13.4. The molecular weight excluding hydrogens is 375 g/mol. The van der Waals surface area contributed by atoms with E-state index in [1.807, 2.05) is 6.26 Å². The van der Waals surface area contributed by atoms with Crippen molar-refractivity contribution in [2.75, 3.05) is 39.2 Å². The summed E-state index contributed by atoms with van der Waals surface area (Å²) in [5.41, 5.74) is 2.01. The van der Waals surface area contributed by atoms with E-state index in [4.69, 9.17) is 0 Å². The topological polar surface area (TPSA) is 73.8 Å². The average Bonchev–Trinajstić information content (AvgIpc) is 3.06. The molecule has 26 heavy (non-hydrogen) atoms. The van der Waals surface area contributed by atoms with Crippen molar-refractivity contribution in [3.63, 3.8) is 0 Å². The van der Waals surface area contributed by atoms with Gasteiger partial charge in [0.25, 0.3) is 0 Å². The van der Waals surface area contributed by atoms with Crippen LogP contribution in [0.5, 0.6) is 0 Å². The third kappa shape index (κ3) is 6.14. The number of rotatable bonds is 7. The van der Waals surface area contributed by atoms with Crippen LogP contribution in [-0.2, 0) is 22.3 Å². The number of hydrogen-bond donors (Lipinski definition) is 2. The summed E-state index contributed by atoms with van der Waals surface area (Å²) >= 11 is 1.65. The van der Waals surface area contributed by atoms with Crippen LogP contribution in [0.4, 0.5) is 4.39 Å². The second-order valence-electron chi connectivity index (χ2n) is 6.43. The number of nitrogens with zero attached hydrogens (tertiary/aromatic N) is 2. The van der Waals surface area contributed by atoms with E-state index in [1.165, 1.54) is 16.6 Å². The van der Waals surface area contributed by atoms with Crippen LogP contribution in [0.2, 0.25) is 0 Å². The number of sulfonamides is 1. The first kappa shape index (κ1) is 21.0. The van der Waals surface area contributed by atoms with Gasteiger partial charge in [-0.2, -0.15) is 11.8 Å². The fraction of sp³-hybridized carbons (Fsp3) is 0.588. The molecule has 0 bridgehead atoms. The Bertz CT molecular complexity index is 740. The largest absolute Gasteiger partial charge is 0.356 e. The summed E-state index contributed by atoms with van der Waals surface area (Å²) in [6, 6.07) is 4.83. The molecule has 146 valence electrons. The average molecular weight is 403 g/mol. The van der Waals surface area contributed by atoms with Gasteiger partial charge in [0.2, 0.25) is 10.0 Å². The van der Waals surface area contributed by atoms with Gasteiger partial charge in [0.1, 0.15) is 5.82 Å². The molecule has 1 aromatic carbocycles. The van der Waals surface area contributed by atoms with Crippen molar-refractivity contribution < 1.29 is 12.8 Å². The molecule has 1 aliphatic heterocycles. The fourth-order valence-corrected chi connectivity index (χ4v) is 4.46. The Hall–Kier alpha value is -1.32. The Labute approximate surface area is 159 Å². The van der Waals surface area contributed by atoms with Gasteiger partial charge in [-0.05, 0) is 41.9 Å². The molecule has 1 aromatic rings. The summed E-state index contributed by atoms with van der Waals surface area (Å²) in [7, 11) is -1.42. The molecule has 1 saturated heterocycles. The van der Waals surface area contributed by atoms with Crippen molar-refractivity contribution in [1.82, 2.24) is 14.9 Å². The lowest BCUT2D eigenvalue weighted by Gasteiger charge is -2.17. The summed E-state index contributed by atoms with van der Waals surface area (Å²) in [6.07, 6.45) is 4.08. The number of hydrogen-bond acceptors (Lipinski definition) is 4. The van der Waals surface area contributed by atoms with Crippen LogP contribution in [0.1, 0.15) is 17.5 Å². The second-order valence-corrected chi connectivity index (χ2v) is 9.28. The molecule has 0 aromatic heterocycles. The molecule has 0 aliphatic carbocycles. The van der Waals surface area contributed by atoms with Crippen LogP contribution in [-0.4, -0.2) is 57.9 Å². The molecule has 2 rings (SSSR count). The lowest BCUT2D eigenvalue weighted by Crippen LogP contribution is -2.40. The Morgan fingerprint density at radius 1 is 1.38 bits per heavy atom. The lowest BCUT2D eigenvalue weighted by molar-refractivity contribution is 0.459. The molecule has 2 N–H and O–H groups in total. The van der Waals surface area contributed by atoms with Gasteiger partial charge in [-0.15, -0.1) is 0 Å². The first-order valence-corrected chi connectivity index (χ1v) is 11.7. The molecule has 1 atom stereocenters. The smallest absolute Gasteiger partial charge is 0.211 e. The summed E-state index contributed by atoms with van der Waals surface area (Å²) in [6.45, 7) is 2.33. The molecule has 1 aliphatic rings. The van der Waals surface area contributed by atoms with Crippen LogP contribution in [0.15, 0.2) is 23.2 Å². The summed E-state index contributed by atoms with van der Waals surface area (Å²) in [5.74, 6) is 1.45. The SMILES string of the molecule is CN=C(NCc1ccc(F)cc1CSC)NCC1CCN(S(C)(=O)=O)C1. The summed E-state index contributed by atoms with van der Waals surface area (Å²) in [5, 5.41) is 6.50. The molecule has 6 nitrogen and oxygen atoms in total. The maximum Gasteiger partial charge on any atom is 0.211 e. The lowest BCUT2D eigenvalue weighted by atomic mass is 10.1. The Balaban J connectivity index is 1.85. The molecule has 0 saturated carbocycles. The number of nitrogens with one attached hydrogen (secondary N) is 2. The van der Waals surface area contributed by atoms with Crippen molar-refractivity contribution in [2.24, 2.45) is 10.9 Å². The van der Waals surface area contributed by atoms with Crippen molar-refractivity contribution in [2.45, 2.75) is 18.7 Å². The molecule has 0 radical (unpaired) electrons. The zero-order chi connectivity index (χ0) is 19.2. The highest BCUT2D eigenvalue weighted by atomic mass is 32.2. The van der Waals surface area contributed by atoms with Crippen LogP contribution in [0.25, 0.3) is 0 Å². The number of guanidine groups is 1. The van der Waals surface area contributed by atoms with Gasteiger partial charge in [0, 0.05) is 39.0 Å². The molecular formula is C17H27FN4O2S2. The van der Waals surface area contributed by atoms with Gasteiger partial charge in [-0.25, -0.2) is 17.1 Å². The fourth-order valence-electron chi connectivity index (χ4n) is 2.96. The van der Waals surface area contributed by atoms with Gasteiger partial charge >= 0.3 is 0 Å². The predicted molar refractivity (Wildman–Crippen MR) is 106 cm³/mol. The van der Waals surface area contributed by atoms with E-state index in [0.717, 1.165) is 23.3 Å². The zero-order valence-electron chi connectivity index (χ0n) is 15.5. The minimum atomic E-state index is -3.11. The van der Waals surface area contributed by atoms with Gasteiger partial charge < -0.3 is 10.6 Å². The van der Waals surface area contributed by atoms with Crippen molar-refractivity contribution in [3.8, 4) is 0 Å². The second kappa shape index (κ2) is 9.57.